The van der Waals surface area contributed by atoms with Crippen molar-refractivity contribution in [2.45, 2.75) is 25.8 Å². The number of carbonyl (C=O) groups excluding carboxylic acids is 1. The van der Waals surface area contributed by atoms with Gasteiger partial charge in [-0.15, -0.1) is 0 Å². The van der Waals surface area contributed by atoms with E-state index in [0.29, 0.717) is 6.54 Å². The van der Waals surface area contributed by atoms with Crippen molar-refractivity contribution < 1.29 is 9.18 Å². The Labute approximate surface area is 94.1 Å². The predicted octanol–water partition coefficient (Wildman–Crippen LogP) is 1.08. The van der Waals surface area contributed by atoms with Crippen LogP contribution in [0.3, 0.4) is 0 Å². The number of hydrogen-bond acceptors (Lipinski definition) is 3. The first kappa shape index (κ1) is 12.6. The normalized spacial score (nSPS) is 12.2. The summed E-state index contributed by atoms with van der Waals surface area (Å²) in [5, 5.41) is 2.68. The maximum absolute atomic E-state index is 12.8. The van der Waals surface area contributed by atoms with Gasteiger partial charge < -0.3 is 11.1 Å². The van der Waals surface area contributed by atoms with Crippen LogP contribution in [0.4, 0.5) is 4.39 Å². The predicted molar refractivity (Wildman–Crippen MR) is 59.4 cm³/mol. The molecule has 0 bridgehead atoms. The van der Waals surface area contributed by atoms with Crippen molar-refractivity contribution in [1.82, 2.24) is 10.3 Å². The molecule has 16 heavy (non-hydrogen) atoms. The molecule has 1 amide bonds. The summed E-state index contributed by atoms with van der Waals surface area (Å²) >= 11 is 0. The molecule has 88 valence electrons. The number of hydrogen-bond donors (Lipinski definition) is 2. The first-order chi connectivity index (χ1) is 7.59. The van der Waals surface area contributed by atoms with Crippen LogP contribution in [0.5, 0.6) is 0 Å². The molecule has 0 spiro atoms. The zero-order chi connectivity index (χ0) is 12.0. The molecule has 1 aromatic heterocycles. The summed E-state index contributed by atoms with van der Waals surface area (Å²) in [7, 11) is 0. The van der Waals surface area contributed by atoms with E-state index in [4.69, 9.17) is 5.73 Å². The molecule has 1 heterocycles. The standard InChI is InChI=1S/C11H16FN3O/c1-8(13)3-2-4-15-11(16)9-5-10(12)7-14-6-9/h5-8H,2-4,13H2,1H3,(H,15,16). The second-order valence-electron chi connectivity index (χ2n) is 3.77. The van der Waals surface area contributed by atoms with Gasteiger partial charge in [-0.1, -0.05) is 0 Å². The van der Waals surface area contributed by atoms with Gasteiger partial charge in [0.15, 0.2) is 0 Å². The zero-order valence-electron chi connectivity index (χ0n) is 9.24. The van der Waals surface area contributed by atoms with Gasteiger partial charge in [0, 0.05) is 18.8 Å². The van der Waals surface area contributed by atoms with Crippen LogP contribution in [0.2, 0.25) is 0 Å². The summed E-state index contributed by atoms with van der Waals surface area (Å²) in [6.07, 6.45) is 4.06. The molecule has 1 unspecified atom stereocenters. The number of carbonyl (C=O) groups is 1. The molecule has 5 heteroatoms. The van der Waals surface area contributed by atoms with Crippen molar-refractivity contribution in [1.29, 1.82) is 0 Å². The van der Waals surface area contributed by atoms with E-state index in [1.165, 1.54) is 6.20 Å². The minimum Gasteiger partial charge on any atom is -0.352 e. The quantitative estimate of drug-likeness (QED) is 0.737. The van der Waals surface area contributed by atoms with E-state index in [1.807, 2.05) is 6.92 Å². The molecule has 0 fully saturated rings. The monoisotopic (exact) mass is 225 g/mol. The fourth-order valence-corrected chi connectivity index (χ4v) is 1.26. The molecular formula is C11H16FN3O. The largest absolute Gasteiger partial charge is 0.352 e. The minimum atomic E-state index is -0.511. The van der Waals surface area contributed by atoms with Crippen molar-refractivity contribution in [2.24, 2.45) is 5.73 Å². The Morgan fingerprint density at radius 3 is 3.00 bits per heavy atom. The Balaban J connectivity index is 2.35. The number of halogens is 1. The first-order valence-electron chi connectivity index (χ1n) is 5.24. The SMILES string of the molecule is CC(N)CCCNC(=O)c1cncc(F)c1. The lowest BCUT2D eigenvalue weighted by molar-refractivity contribution is 0.0952. The van der Waals surface area contributed by atoms with Gasteiger partial charge in [-0.25, -0.2) is 4.39 Å². The molecule has 0 aliphatic carbocycles. The third kappa shape index (κ3) is 4.35. The Morgan fingerprint density at radius 1 is 1.62 bits per heavy atom. The van der Waals surface area contributed by atoms with Crippen LogP contribution in [0, 0.1) is 5.82 Å². The molecule has 1 aromatic rings. The number of aromatic nitrogens is 1. The van der Waals surface area contributed by atoms with Crippen LogP contribution >= 0.6 is 0 Å². The molecule has 1 rings (SSSR count). The number of nitrogens with two attached hydrogens (primary N) is 1. The molecular weight excluding hydrogens is 209 g/mol. The second kappa shape index (κ2) is 6.17. The maximum atomic E-state index is 12.8. The van der Waals surface area contributed by atoms with Crippen LogP contribution in [0.25, 0.3) is 0 Å². The summed E-state index contributed by atoms with van der Waals surface area (Å²) in [5.41, 5.74) is 5.80. The van der Waals surface area contributed by atoms with Crippen molar-refractivity contribution in [3.63, 3.8) is 0 Å². The molecule has 0 aliphatic rings. The average Bonchev–Trinajstić information content (AvgIpc) is 2.24. The Morgan fingerprint density at radius 2 is 2.38 bits per heavy atom. The van der Waals surface area contributed by atoms with Gasteiger partial charge in [0.1, 0.15) is 5.82 Å². The van der Waals surface area contributed by atoms with Gasteiger partial charge >= 0.3 is 0 Å². The third-order valence-corrected chi connectivity index (χ3v) is 2.09. The molecule has 0 saturated heterocycles. The average molecular weight is 225 g/mol. The van der Waals surface area contributed by atoms with Crippen molar-refractivity contribution in [3.05, 3.63) is 29.8 Å². The molecule has 0 aliphatic heterocycles. The summed E-state index contributed by atoms with van der Waals surface area (Å²) in [6, 6.07) is 1.29. The van der Waals surface area contributed by atoms with Gasteiger partial charge in [-0.2, -0.15) is 0 Å². The molecule has 0 aromatic carbocycles. The highest BCUT2D eigenvalue weighted by molar-refractivity contribution is 5.93. The van der Waals surface area contributed by atoms with Crippen molar-refractivity contribution in [3.8, 4) is 0 Å². The molecule has 0 saturated carbocycles. The minimum absolute atomic E-state index is 0.132. The molecule has 0 radical (unpaired) electrons. The van der Waals surface area contributed by atoms with Crippen LogP contribution in [0.1, 0.15) is 30.1 Å². The van der Waals surface area contributed by atoms with Crippen LogP contribution in [0.15, 0.2) is 18.5 Å². The van der Waals surface area contributed by atoms with E-state index in [0.717, 1.165) is 25.1 Å². The van der Waals surface area contributed by atoms with Crippen molar-refractivity contribution >= 4 is 5.91 Å². The highest BCUT2D eigenvalue weighted by Gasteiger charge is 2.06. The Bertz CT molecular complexity index is 355. The summed E-state index contributed by atoms with van der Waals surface area (Å²) in [6.45, 7) is 2.45. The van der Waals surface area contributed by atoms with Crippen LogP contribution in [-0.4, -0.2) is 23.5 Å². The lowest BCUT2D eigenvalue weighted by Crippen LogP contribution is -2.26. The fourth-order valence-electron chi connectivity index (χ4n) is 1.26. The number of amides is 1. The summed E-state index contributed by atoms with van der Waals surface area (Å²) < 4.78 is 12.8. The fraction of sp³-hybridized carbons (Fsp3) is 0.455. The number of pyridine rings is 1. The molecule has 1 atom stereocenters. The Hall–Kier alpha value is -1.49. The lowest BCUT2D eigenvalue weighted by Gasteiger charge is -2.06. The molecule has 3 N–H and O–H groups in total. The topological polar surface area (TPSA) is 68.0 Å². The van der Waals surface area contributed by atoms with Gasteiger partial charge in [0.25, 0.3) is 5.91 Å². The molecule has 4 nitrogen and oxygen atoms in total. The number of rotatable bonds is 5. The second-order valence-corrected chi connectivity index (χ2v) is 3.77. The van der Waals surface area contributed by atoms with Gasteiger partial charge in [-0.3, -0.25) is 9.78 Å². The smallest absolute Gasteiger partial charge is 0.252 e. The van der Waals surface area contributed by atoms with Crippen LogP contribution in [-0.2, 0) is 0 Å². The first-order valence-corrected chi connectivity index (χ1v) is 5.24. The van der Waals surface area contributed by atoms with E-state index < -0.39 is 5.82 Å². The summed E-state index contributed by atoms with van der Waals surface area (Å²) in [4.78, 5) is 15.1. The van der Waals surface area contributed by atoms with Gasteiger partial charge in [0.05, 0.1) is 11.8 Å². The highest BCUT2D eigenvalue weighted by atomic mass is 19.1. The van der Waals surface area contributed by atoms with E-state index in [1.54, 1.807) is 0 Å². The van der Waals surface area contributed by atoms with Gasteiger partial charge in [0.2, 0.25) is 0 Å². The number of nitrogens with one attached hydrogen (secondary N) is 1. The zero-order valence-corrected chi connectivity index (χ0v) is 9.24. The lowest BCUT2D eigenvalue weighted by atomic mass is 10.2. The highest BCUT2D eigenvalue weighted by Crippen LogP contribution is 2.00. The third-order valence-electron chi connectivity index (χ3n) is 2.09. The van der Waals surface area contributed by atoms with Crippen LogP contribution < -0.4 is 11.1 Å². The van der Waals surface area contributed by atoms with Gasteiger partial charge in [-0.05, 0) is 25.8 Å². The maximum Gasteiger partial charge on any atom is 0.252 e. The van der Waals surface area contributed by atoms with E-state index >= 15 is 0 Å². The summed E-state index contributed by atoms with van der Waals surface area (Å²) in [5.74, 6) is -0.820. The van der Waals surface area contributed by atoms with E-state index in [2.05, 4.69) is 10.3 Å². The van der Waals surface area contributed by atoms with E-state index in [9.17, 15) is 9.18 Å². The Kier molecular flexibility index (Phi) is 4.85. The van der Waals surface area contributed by atoms with Crippen molar-refractivity contribution in [2.75, 3.05) is 6.54 Å². The number of nitrogens with zero attached hydrogens (tertiary/aromatic N) is 1. The van der Waals surface area contributed by atoms with E-state index in [-0.39, 0.29) is 17.5 Å².